The third-order valence-electron chi connectivity index (χ3n) is 5.39. The lowest BCUT2D eigenvalue weighted by Crippen LogP contribution is -2.59. The zero-order valence-electron chi connectivity index (χ0n) is 13.4. The molecule has 0 amide bonds. The van der Waals surface area contributed by atoms with Crippen LogP contribution in [0, 0.1) is 5.92 Å². The van der Waals surface area contributed by atoms with Gasteiger partial charge in [0.05, 0.1) is 17.6 Å². The normalized spacial score (nSPS) is 29.5. The highest BCUT2D eigenvalue weighted by Crippen LogP contribution is 2.34. The van der Waals surface area contributed by atoms with Crippen molar-refractivity contribution in [3.05, 3.63) is 47.6 Å². The molecule has 0 aliphatic carbocycles. The van der Waals surface area contributed by atoms with Crippen LogP contribution in [-0.2, 0) is 0 Å². The molecule has 0 spiro atoms. The van der Waals surface area contributed by atoms with Gasteiger partial charge in [-0.2, -0.15) is 0 Å². The monoisotopic (exact) mass is 327 g/mol. The van der Waals surface area contributed by atoms with E-state index < -0.39 is 0 Å². The van der Waals surface area contributed by atoms with Crippen LogP contribution in [0.4, 0.5) is 5.69 Å². The Morgan fingerprint density at radius 3 is 2.65 bits per heavy atom. The Kier molecular flexibility index (Phi) is 4.00. The van der Waals surface area contributed by atoms with Gasteiger partial charge in [-0.15, -0.1) is 0 Å². The van der Waals surface area contributed by atoms with Crippen LogP contribution in [-0.4, -0.2) is 35.1 Å². The fraction of sp³-hybridized carbons (Fsp3) is 0.421. The van der Waals surface area contributed by atoms with Crippen LogP contribution >= 0.6 is 11.6 Å². The smallest absolute Gasteiger partial charge is 0.0704 e. The molecule has 3 saturated heterocycles. The quantitative estimate of drug-likeness (QED) is 0.911. The number of anilines is 1. The molecule has 0 saturated carbocycles. The Balaban J connectivity index is 1.50. The summed E-state index contributed by atoms with van der Waals surface area (Å²) in [6.07, 6.45) is 4.58. The van der Waals surface area contributed by atoms with Crippen molar-refractivity contribution in [2.24, 2.45) is 5.92 Å². The molecule has 0 radical (unpaired) electrons. The Morgan fingerprint density at radius 1 is 1.17 bits per heavy atom. The SMILES string of the molecule is CC1C(Nc2ccc(-c3cccc(Cl)c3)nc2)C2CCN1CC2. The Labute approximate surface area is 142 Å². The molecule has 2 bridgehead atoms. The van der Waals surface area contributed by atoms with Crippen LogP contribution in [0.2, 0.25) is 5.02 Å². The summed E-state index contributed by atoms with van der Waals surface area (Å²) in [5, 5.41) is 4.47. The third-order valence-corrected chi connectivity index (χ3v) is 5.63. The van der Waals surface area contributed by atoms with Crippen LogP contribution < -0.4 is 5.32 Å². The van der Waals surface area contributed by atoms with E-state index in [1.807, 2.05) is 30.5 Å². The number of hydrogen-bond acceptors (Lipinski definition) is 3. The average Bonchev–Trinajstić information content (AvgIpc) is 2.59. The highest BCUT2D eigenvalue weighted by Gasteiger charge is 2.39. The van der Waals surface area contributed by atoms with Crippen LogP contribution in [0.25, 0.3) is 11.3 Å². The van der Waals surface area contributed by atoms with Gasteiger partial charge in [-0.25, -0.2) is 0 Å². The van der Waals surface area contributed by atoms with E-state index in [1.54, 1.807) is 0 Å². The predicted molar refractivity (Wildman–Crippen MR) is 95.9 cm³/mol. The molecule has 3 aliphatic rings. The molecule has 3 aliphatic heterocycles. The molecule has 120 valence electrons. The standard InChI is InChI=1S/C19H22ClN3/c1-13-19(14-7-9-23(13)10-8-14)22-17-5-6-18(21-12-17)15-3-2-4-16(20)11-15/h2-6,11-14,19,22H,7-10H2,1H3. The first-order chi connectivity index (χ1) is 11.2. The van der Waals surface area contributed by atoms with Crippen molar-refractivity contribution in [1.82, 2.24) is 9.88 Å². The molecule has 2 atom stereocenters. The summed E-state index contributed by atoms with van der Waals surface area (Å²) in [4.78, 5) is 7.21. The van der Waals surface area contributed by atoms with E-state index in [0.717, 1.165) is 27.9 Å². The molecule has 4 heterocycles. The van der Waals surface area contributed by atoms with Crippen molar-refractivity contribution in [3.63, 3.8) is 0 Å². The fourth-order valence-corrected chi connectivity index (χ4v) is 4.23. The molecule has 1 aromatic carbocycles. The Morgan fingerprint density at radius 2 is 2.00 bits per heavy atom. The van der Waals surface area contributed by atoms with E-state index >= 15 is 0 Å². The van der Waals surface area contributed by atoms with Crippen molar-refractivity contribution in [2.75, 3.05) is 18.4 Å². The van der Waals surface area contributed by atoms with E-state index in [4.69, 9.17) is 11.6 Å². The van der Waals surface area contributed by atoms with Crippen LogP contribution in [0.15, 0.2) is 42.6 Å². The summed E-state index contributed by atoms with van der Waals surface area (Å²) in [5.41, 5.74) is 3.13. The first-order valence-electron chi connectivity index (χ1n) is 8.43. The second-order valence-electron chi connectivity index (χ2n) is 6.73. The average molecular weight is 328 g/mol. The van der Waals surface area contributed by atoms with Crippen LogP contribution in [0.3, 0.4) is 0 Å². The van der Waals surface area contributed by atoms with Gasteiger partial charge < -0.3 is 5.32 Å². The minimum absolute atomic E-state index is 0.538. The number of benzene rings is 1. The molecule has 3 fully saturated rings. The number of piperidine rings is 3. The maximum atomic E-state index is 6.06. The molecule has 4 heteroatoms. The largest absolute Gasteiger partial charge is 0.379 e. The lowest BCUT2D eigenvalue weighted by Gasteiger charge is -2.50. The number of halogens is 1. The fourth-order valence-electron chi connectivity index (χ4n) is 4.04. The maximum Gasteiger partial charge on any atom is 0.0704 e. The molecular weight excluding hydrogens is 306 g/mol. The topological polar surface area (TPSA) is 28.2 Å². The summed E-state index contributed by atoms with van der Waals surface area (Å²) in [6.45, 7) is 4.86. The van der Waals surface area contributed by atoms with Gasteiger partial charge in [-0.1, -0.05) is 23.7 Å². The number of aromatic nitrogens is 1. The van der Waals surface area contributed by atoms with Crippen molar-refractivity contribution < 1.29 is 0 Å². The zero-order valence-corrected chi connectivity index (χ0v) is 14.1. The number of hydrogen-bond donors (Lipinski definition) is 1. The molecule has 2 unspecified atom stereocenters. The van der Waals surface area contributed by atoms with Gasteiger partial charge >= 0.3 is 0 Å². The van der Waals surface area contributed by atoms with E-state index in [0.29, 0.717) is 12.1 Å². The lowest BCUT2D eigenvalue weighted by molar-refractivity contribution is 0.0458. The van der Waals surface area contributed by atoms with E-state index in [9.17, 15) is 0 Å². The molecule has 2 aromatic rings. The van der Waals surface area contributed by atoms with Gasteiger partial charge in [0.1, 0.15) is 0 Å². The molecule has 5 rings (SSSR count). The maximum absolute atomic E-state index is 6.06. The van der Waals surface area contributed by atoms with Gasteiger partial charge in [-0.3, -0.25) is 9.88 Å². The molecule has 23 heavy (non-hydrogen) atoms. The van der Waals surface area contributed by atoms with Crippen LogP contribution in [0.1, 0.15) is 19.8 Å². The third kappa shape index (κ3) is 2.96. The summed E-state index contributed by atoms with van der Waals surface area (Å²) >= 11 is 6.06. The number of nitrogens with one attached hydrogen (secondary N) is 1. The van der Waals surface area contributed by atoms with E-state index in [-0.39, 0.29) is 0 Å². The summed E-state index contributed by atoms with van der Waals surface area (Å²) in [6, 6.07) is 13.2. The van der Waals surface area contributed by atoms with Gasteiger partial charge in [0.2, 0.25) is 0 Å². The first kappa shape index (κ1) is 15.0. The molecule has 1 N–H and O–H groups in total. The summed E-state index contributed by atoms with van der Waals surface area (Å²) in [7, 11) is 0. The van der Waals surface area contributed by atoms with Gasteiger partial charge in [0, 0.05) is 22.7 Å². The van der Waals surface area contributed by atoms with E-state index in [1.165, 1.54) is 25.9 Å². The summed E-state index contributed by atoms with van der Waals surface area (Å²) in [5.74, 6) is 0.794. The Bertz CT molecular complexity index is 675. The second kappa shape index (κ2) is 6.14. The van der Waals surface area contributed by atoms with Gasteiger partial charge in [-0.05, 0) is 63.0 Å². The van der Waals surface area contributed by atoms with Gasteiger partial charge in [0.25, 0.3) is 0 Å². The minimum Gasteiger partial charge on any atom is -0.379 e. The molecule has 1 aromatic heterocycles. The number of pyridine rings is 1. The Hall–Kier alpha value is -1.58. The molecule has 3 nitrogen and oxygen atoms in total. The van der Waals surface area contributed by atoms with Crippen molar-refractivity contribution in [2.45, 2.75) is 31.8 Å². The number of nitrogens with zero attached hydrogens (tertiary/aromatic N) is 2. The van der Waals surface area contributed by atoms with E-state index in [2.05, 4.69) is 34.3 Å². The lowest BCUT2D eigenvalue weighted by atomic mass is 9.79. The first-order valence-corrected chi connectivity index (χ1v) is 8.81. The van der Waals surface area contributed by atoms with Gasteiger partial charge in [0.15, 0.2) is 0 Å². The van der Waals surface area contributed by atoms with Crippen molar-refractivity contribution in [3.8, 4) is 11.3 Å². The predicted octanol–water partition coefficient (Wildman–Crippen LogP) is 4.30. The van der Waals surface area contributed by atoms with Crippen molar-refractivity contribution >= 4 is 17.3 Å². The highest BCUT2D eigenvalue weighted by atomic mass is 35.5. The minimum atomic E-state index is 0.538. The second-order valence-corrected chi connectivity index (χ2v) is 7.16. The zero-order chi connectivity index (χ0) is 15.8. The van der Waals surface area contributed by atoms with Crippen molar-refractivity contribution in [1.29, 1.82) is 0 Å². The highest BCUT2D eigenvalue weighted by molar-refractivity contribution is 6.30. The molecular formula is C19H22ClN3. The summed E-state index contributed by atoms with van der Waals surface area (Å²) < 4.78 is 0. The van der Waals surface area contributed by atoms with Crippen LogP contribution in [0.5, 0.6) is 0 Å². The number of rotatable bonds is 3. The number of fused-ring (bicyclic) bond motifs is 3.